The van der Waals surface area contributed by atoms with Crippen LogP contribution in [0.15, 0.2) is 42.6 Å². The van der Waals surface area contributed by atoms with Gasteiger partial charge in [-0.3, -0.25) is 9.89 Å². The average molecular weight is 459 g/mol. The van der Waals surface area contributed by atoms with Gasteiger partial charge in [0.2, 0.25) is 11.9 Å². The normalized spacial score (nSPS) is 13.8. The van der Waals surface area contributed by atoms with Crippen LogP contribution in [0, 0.1) is 6.92 Å². The van der Waals surface area contributed by atoms with Gasteiger partial charge >= 0.3 is 0 Å². The van der Waals surface area contributed by atoms with Gasteiger partial charge in [-0.15, -0.1) is 0 Å². The number of benzene rings is 2. The number of hydrogen-bond donors (Lipinski definition) is 2. The SMILES string of the molecule is Cc1ccc(C(=O)N(C)C)cc1Nc1nc(-c2cccc3[nH]ncc23)nc(N2CCOCC2)n1. The van der Waals surface area contributed by atoms with E-state index in [1.165, 1.54) is 0 Å². The highest BCUT2D eigenvalue weighted by molar-refractivity contribution is 5.95. The molecule has 0 spiro atoms. The lowest BCUT2D eigenvalue weighted by atomic mass is 10.1. The summed E-state index contributed by atoms with van der Waals surface area (Å²) < 4.78 is 5.50. The van der Waals surface area contributed by atoms with Gasteiger partial charge in [0.05, 0.1) is 24.9 Å². The number of anilines is 3. The first-order chi connectivity index (χ1) is 16.5. The zero-order chi connectivity index (χ0) is 23.7. The summed E-state index contributed by atoms with van der Waals surface area (Å²) in [4.78, 5) is 30.4. The molecule has 0 aliphatic carbocycles. The van der Waals surface area contributed by atoms with E-state index < -0.39 is 0 Å². The molecule has 10 nitrogen and oxygen atoms in total. The summed E-state index contributed by atoms with van der Waals surface area (Å²) in [6.07, 6.45) is 1.77. The minimum atomic E-state index is -0.0694. The van der Waals surface area contributed by atoms with Crippen LogP contribution in [0.5, 0.6) is 0 Å². The van der Waals surface area contributed by atoms with Crippen molar-refractivity contribution in [1.29, 1.82) is 0 Å². The first kappa shape index (κ1) is 21.8. The largest absolute Gasteiger partial charge is 0.378 e. The Morgan fingerprint density at radius 3 is 2.74 bits per heavy atom. The molecule has 1 saturated heterocycles. The minimum Gasteiger partial charge on any atom is -0.378 e. The van der Waals surface area contributed by atoms with Crippen molar-refractivity contribution < 1.29 is 9.53 Å². The maximum atomic E-state index is 12.5. The van der Waals surface area contributed by atoms with Crippen LogP contribution in [0.1, 0.15) is 15.9 Å². The molecule has 1 amide bonds. The Bertz CT molecular complexity index is 1340. The topological polar surface area (TPSA) is 112 Å². The third-order valence-corrected chi connectivity index (χ3v) is 5.78. The number of morpholine rings is 1. The molecule has 34 heavy (non-hydrogen) atoms. The summed E-state index contributed by atoms with van der Waals surface area (Å²) in [5.41, 5.74) is 4.09. The molecular weight excluding hydrogens is 432 g/mol. The van der Waals surface area contributed by atoms with Crippen LogP contribution in [0.3, 0.4) is 0 Å². The summed E-state index contributed by atoms with van der Waals surface area (Å²) in [6.45, 7) is 4.61. The maximum Gasteiger partial charge on any atom is 0.253 e. The van der Waals surface area contributed by atoms with E-state index in [0.717, 1.165) is 27.7 Å². The molecule has 10 heteroatoms. The fourth-order valence-electron chi connectivity index (χ4n) is 3.88. The molecule has 0 bridgehead atoms. The Labute approximate surface area is 197 Å². The van der Waals surface area contributed by atoms with Crippen LogP contribution in [0.4, 0.5) is 17.6 Å². The highest BCUT2D eigenvalue weighted by Crippen LogP contribution is 2.28. The third kappa shape index (κ3) is 4.27. The lowest BCUT2D eigenvalue weighted by molar-refractivity contribution is 0.0827. The predicted octanol–water partition coefficient (Wildman–Crippen LogP) is 3.01. The monoisotopic (exact) mass is 458 g/mol. The number of ether oxygens (including phenoxy) is 1. The molecule has 1 aliphatic heterocycles. The van der Waals surface area contributed by atoms with Gasteiger partial charge in [0, 0.05) is 49.4 Å². The molecular formula is C24H26N8O2. The van der Waals surface area contributed by atoms with E-state index in [2.05, 4.69) is 20.4 Å². The van der Waals surface area contributed by atoms with Crippen LogP contribution in [-0.2, 0) is 4.74 Å². The zero-order valence-electron chi connectivity index (χ0n) is 19.4. The highest BCUT2D eigenvalue weighted by Gasteiger charge is 2.19. The van der Waals surface area contributed by atoms with Gasteiger partial charge in [-0.1, -0.05) is 18.2 Å². The summed E-state index contributed by atoms with van der Waals surface area (Å²) in [7, 11) is 3.47. The lowest BCUT2D eigenvalue weighted by Gasteiger charge is -2.27. The van der Waals surface area contributed by atoms with E-state index in [0.29, 0.717) is 49.6 Å². The summed E-state index contributed by atoms with van der Waals surface area (Å²) in [5, 5.41) is 11.4. The van der Waals surface area contributed by atoms with E-state index in [9.17, 15) is 4.79 Å². The van der Waals surface area contributed by atoms with Crippen molar-refractivity contribution in [2.45, 2.75) is 6.92 Å². The zero-order valence-corrected chi connectivity index (χ0v) is 19.4. The third-order valence-electron chi connectivity index (χ3n) is 5.78. The number of aromatic nitrogens is 5. The number of fused-ring (bicyclic) bond motifs is 1. The van der Waals surface area contributed by atoms with Crippen molar-refractivity contribution in [3.05, 3.63) is 53.7 Å². The van der Waals surface area contributed by atoms with Crippen molar-refractivity contribution in [3.63, 3.8) is 0 Å². The van der Waals surface area contributed by atoms with E-state index in [4.69, 9.17) is 19.7 Å². The summed E-state index contributed by atoms with van der Waals surface area (Å²) >= 11 is 0. The number of rotatable bonds is 5. The molecule has 0 radical (unpaired) electrons. The number of nitrogens with one attached hydrogen (secondary N) is 2. The molecule has 2 aromatic heterocycles. The molecule has 5 rings (SSSR count). The van der Waals surface area contributed by atoms with Crippen molar-refractivity contribution in [1.82, 2.24) is 30.0 Å². The first-order valence-corrected chi connectivity index (χ1v) is 11.1. The minimum absolute atomic E-state index is 0.0694. The van der Waals surface area contributed by atoms with Gasteiger partial charge in [-0.2, -0.15) is 20.1 Å². The van der Waals surface area contributed by atoms with Crippen LogP contribution in [0.2, 0.25) is 0 Å². The Kier molecular flexibility index (Phi) is 5.81. The van der Waals surface area contributed by atoms with Crippen molar-refractivity contribution in [2.75, 3.05) is 50.6 Å². The molecule has 2 aromatic carbocycles. The Hall–Kier alpha value is -4.05. The maximum absolute atomic E-state index is 12.5. The Morgan fingerprint density at radius 1 is 1.12 bits per heavy atom. The van der Waals surface area contributed by atoms with Crippen molar-refractivity contribution in [2.24, 2.45) is 0 Å². The Balaban J connectivity index is 1.58. The van der Waals surface area contributed by atoms with Crippen LogP contribution in [-0.4, -0.2) is 76.4 Å². The van der Waals surface area contributed by atoms with E-state index in [-0.39, 0.29) is 5.91 Å². The molecule has 4 aromatic rings. The van der Waals surface area contributed by atoms with Crippen LogP contribution >= 0.6 is 0 Å². The van der Waals surface area contributed by atoms with Crippen LogP contribution < -0.4 is 10.2 Å². The smallest absolute Gasteiger partial charge is 0.253 e. The fourth-order valence-corrected chi connectivity index (χ4v) is 3.88. The first-order valence-electron chi connectivity index (χ1n) is 11.1. The Morgan fingerprint density at radius 2 is 1.94 bits per heavy atom. The number of hydrogen-bond acceptors (Lipinski definition) is 8. The van der Waals surface area contributed by atoms with Crippen molar-refractivity contribution >= 4 is 34.4 Å². The van der Waals surface area contributed by atoms with Gasteiger partial charge in [0.1, 0.15) is 0 Å². The number of carbonyl (C=O) groups excluding carboxylic acids is 1. The van der Waals surface area contributed by atoms with Gasteiger partial charge < -0.3 is 19.9 Å². The quantitative estimate of drug-likeness (QED) is 0.469. The molecule has 0 unspecified atom stereocenters. The van der Waals surface area contributed by atoms with Gasteiger partial charge in [-0.05, 0) is 30.7 Å². The van der Waals surface area contributed by atoms with Crippen molar-refractivity contribution in [3.8, 4) is 11.4 Å². The molecule has 0 atom stereocenters. The van der Waals surface area contributed by atoms with Gasteiger partial charge in [0.15, 0.2) is 5.82 Å². The molecule has 2 N–H and O–H groups in total. The lowest BCUT2D eigenvalue weighted by Crippen LogP contribution is -2.37. The number of nitrogens with zero attached hydrogens (tertiary/aromatic N) is 6. The van der Waals surface area contributed by atoms with E-state index in [1.807, 2.05) is 43.3 Å². The second-order valence-electron chi connectivity index (χ2n) is 8.37. The van der Waals surface area contributed by atoms with Gasteiger partial charge in [-0.25, -0.2) is 0 Å². The van der Waals surface area contributed by atoms with E-state index >= 15 is 0 Å². The second-order valence-corrected chi connectivity index (χ2v) is 8.37. The molecule has 0 saturated carbocycles. The number of amides is 1. The molecule has 1 aliphatic rings. The van der Waals surface area contributed by atoms with E-state index in [1.54, 1.807) is 25.2 Å². The molecule has 174 valence electrons. The number of aromatic amines is 1. The molecule has 1 fully saturated rings. The van der Waals surface area contributed by atoms with Crippen LogP contribution in [0.25, 0.3) is 22.3 Å². The summed E-state index contributed by atoms with van der Waals surface area (Å²) in [5.74, 6) is 1.46. The second kappa shape index (κ2) is 9.06. The molecule has 3 heterocycles. The fraction of sp³-hybridized carbons (Fsp3) is 0.292. The average Bonchev–Trinajstić information content (AvgIpc) is 3.34. The predicted molar refractivity (Wildman–Crippen MR) is 130 cm³/mol. The number of aryl methyl sites for hydroxylation is 1. The summed E-state index contributed by atoms with van der Waals surface area (Å²) in [6, 6.07) is 11.4. The standard InChI is InChI=1S/C24H26N8O2/c1-15-7-8-16(22(33)31(2)3)13-20(15)26-23-27-21(17-5-4-6-19-18(17)14-25-30-19)28-24(29-23)32-9-11-34-12-10-32/h4-8,13-14H,9-12H2,1-3H3,(H,25,30)(H,26,27,28,29). The highest BCUT2D eigenvalue weighted by atomic mass is 16.5. The van der Waals surface area contributed by atoms with Gasteiger partial charge in [0.25, 0.3) is 5.91 Å². The number of H-pyrrole nitrogens is 1. The number of carbonyl (C=O) groups is 1.